The van der Waals surface area contributed by atoms with Gasteiger partial charge in [0, 0.05) is 6.07 Å². The minimum absolute atomic E-state index is 0.0125. The number of pyridine rings is 1. The Morgan fingerprint density at radius 1 is 1.15 bits per heavy atom. The molecule has 0 aliphatic carbocycles. The van der Waals surface area contributed by atoms with Crippen LogP contribution >= 0.6 is 11.6 Å². The first kappa shape index (κ1) is 18.1. The van der Waals surface area contributed by atoms with Gasteiger partial charge in [0.05, 0.1) is 29.3 Å². The summed E-state index contributed by atoms with van der Waals surface area (Å²) < 4.78 is 49.9. The Labute approximate surface area is 152 Å². The molecule has 0 saturated carbocycles. The van der Waals surface area contributed by atoms with Crippen molar-refractivity contribution in [2.75, 3.05) is 12.8 Å². The summed E-state index contributed by atoms with van der Waals surface area (Å²) in [4.78, 5) is 4.20. The number of fused-ring (bicyclic) bond motifs is 1. The maximum absolute atomic E-state index is 12.9. The fraction of sp³-hybridized carbons (Fsp3) is 0.167. The number of ether oxygens (including phenoxy) is 2. The van der Waals surface area contributed by atoms with Gasteiger partial charge in [-0.25, -0.2) is 4.98 Å². The Balaban J connectivity index is 2.20. The number of hydrogen-bond donors (Lipinski definition) is 1. The molecule has 3 rings (SSSR count). The molecule has 2 N–H and O–H groups in total. The Morgan fingerprint density at radius 3 is 2.54 bits per heavy atom. The quantitative estimate of drug-likeness (QED) is 0.473. The summed E-state index contributed by atoms with van der Waals surface area (Å²) in [5.74, 6) is 0.510. The Hall–Kier alpha value is -2.67. The normalized spacial score (nSPS) is 11.6. The number of benzene rings is 2. The van der Waals surface area contributed by atoms with Crippen LogP contribution < -0.4 is 15.2 Å². The van der Waals surface area contributed by atoms with E-state index < -0.39 is 11.7 Å². The zero-order chi connectivity index (χ0) is 19.1. The van der Waals surface area contributed by atoms with Crippen molar-refractivity contribution in [1.82, 2.24) is 4.98 Å². The van der Waals surface area contributed by atoms with Gasteiger partial charge >= 0.3 is 6.18 Å². The topological polar surface area (TPSA) is 57.4 Å². The largest absolute Gasteiger partial charge is 0.493 e. The van der Waals surface area contributed by atoms with E-state index in [4.69, 9.17) is 26.8 Å². The molecule has 0 saturated heterocycles. The van der Waals surface area contributed by atoms with E-state index in [2.05, 4.69) is 4.98 Å². The molecule has 0 fully saturated rings. The second kappa shape index (κ2) is 6.57. The third-order valence-electron chi connectivity index (χ3n) is 3.80. The summed E-state index contributed by atoms with van der Waals surface area (Å²) in [5, 5.41) is 0.764. The Kier molecular flexibility index (Phi) is 4.58. The van der Waals surface area contributed by atoms with Gasteiger partial charge in [0.25, 0.3) is 0 Å². The highest BCUT2D eigenvalue weighted by Gasteiger charge is 2.31. The molecule has 2 aromatic carbocycles. The van der Waals surface area contributed by atoms with Gasteiger partial charge in [0.15, 0.2) is 11.5 Å². The van der Waals surface area contributed by atoms with E-state index in [9.17, 15) is 13.2 Å². The van der Waals surface area contributed by atoms with Gasteiger partial charge in [-0.1, -0.05) is 17.7 Å². The molecular formula is C18H14ClF3N2O2. The van der Waals surface area contributed by atoms with Crippen molar-refractivity contribution in [1.29, 1.82) is 0 Å². The van der Waals surface area contributed by atoms with Crippen molar-refractivity contribution in [2.45, 2.75) is 13.1 Å². The summed E-state index contributed by atoms with van der Waals surface area (Å²) in [6.07, 6.45) is -4.47. The van der Waals surface area contributed by atoms with Crippen LogP contribution in [0.3, 0.4) is 0 Å². The van der Waals surface area contributed by atoms with Crippen LogP contribution in [-0.2, 0) is 6.18 Å². The molecule has 0 atom stereocenters. The minimum Gasteiger partial charge on any atom is -0.493 e. The predicted molar refractivity (Wildman–Crippen MR) is 94.0 cm³/mol. The third-order valence-corrected chi connectivity index (χ3v) is 3.99. The molecule has 1 heterocycles. The molecule has 0 aliphatic rings. The standard InChI is InChI=1S/C18H14ClF3N2O2/c1-9-6-14(19)24-16-12(23)8-13(25-2)17(15(9)16)26-11-5-3-4-10(7-11)18(20,21)22/h3-8H,23H2,1-2H3. The van der Waals surface area contributed by atoms with E-state index in [1.54, 1.807) is 13.0 Å². The molecule has 136 valence electrons. The first-order chi connectivity index (χ1) is 12.2. The lowest BCUT2D eigenvalue weighted by atomic mass is 10.1. The molecule has 26 heavy (non-hydrogen) atoms. The summed E-state index contributed by atoms with van der Waals surface area (Å²) in [6.45, 7) is 1.77. The van der Waals surface area contributed by atoms with Crippen molar-refractivity contribution < 1.29 is 22.6 Å². The van der Waals surface area contributed by atoms with Crippen LogP contribution in [0.5, 0.6) is 17.2 Å². The van der Waals surface area contributed by atoms with E-state index in [1.807, 2.05) is 0 Å². The first-order valence-corrected chi connectivity index (χ1v) is 7.87. The van der Waals surface area contributed by atoms with Crippen molar-refractivity contribution in [3.63, 3.8) is 0 Å². The number of anilines is 1. The number of aryl methyl sites for hydroxylation is 1. The highest BCUT2D eigenvalue weighted by molar-refractivity contribution is 6.30. The molecule has 0 bridgehead atoms. The van der Waals surface area contributed by atoms with E-state index in [1.165, 1.54) is 25.3 Å². The molecule has 0 radical (unpaired) electrons. The number of nitrogens with two attached hydrogens (primary N) is 1. The van der Waals surface area contributed by atoms with Gasteiger partial charge in [-0.3, -0.25) is 0 Å². The monoisotopic (exact) mass is 382 g/mol. The smallest absolute Gasteiger partial charge is 0.416 e. The van der Waals surface area contributed by atoms with Gasteiger partial charge in [0.1, 0.15) is 10.9 Å². The van der Waals surface area contributed by atoms with Gasteiger partial charge in [-0.15, -0.1) is 0 Å². The SMILES string of the molecule is COc1cc(N)c2nc(Cl)cc(C)c2c1Oc1cccc(C(F)(F)F)c1. The first-order valence-electron chi connectivity index (χ1n) is 7.49. The number of methoxy groups -OCH3 is 1. The number of alkyl halides is 3. The van der Waals surface area contributed by atoms with Gasteiger partial charge < -0.3 is 15.2 Å². The maximum Gasteiger partial charge on any atom is 0.416 e. The van der Waals surface area contributed by atoms with Gasteiger partial charge in [-0.05, 0) is 36.8 Å². The molecule has 3 aromatic rings. The minimum atomic E-state index is -4.47. The van der Waals surface area contributed by atoms with Crippen LogP contribution in [0.2, 0.25) is 5.15 Å². The van der Waals surface area contributed by atoms with E-state index in [0.717, 1.165) is 12.1 Å². The molecular weight excluding hydrogens is 369 g/mol. The van der Waals surface area contributed by atoms with E-state index in [0.29, 0.717) is 22.2 Å². The van der Waals surface area contributed by atoms with Gasteiger partial charge in [-0.2, -0.15) is 13.2 Å². The number of aromatic nitrogens is 1. The molecule has 4 nitrogen and oxygen atoms in total. The van der Waals surface area contributed by atoms with Crippen LogP contribution in [0.15, 0.2) is 36.4 Å². The molecule has 8 heteroatoms. The van der Waals surface area contributed by atoms with Crippen molar-refractivity contribution in [3.05, 3.63) is 52.7 Å². The summed E-state index contributed by atoms with van der Waals surface area (Å²) >= 11 is 5.99. The summed E-state index contributed by atoms with van der Waals surface area (Å²) in [7, 11) is 1.41. The van der Waals surface area contributed by atoms with Crippen LogP contribution in [-0.4, -0.2) is 12.1 Å². The zero-order valence-electron chi connectivity index (χ0n) is 13.8. The van der Waals surface area contributed by atoms with Gasteiger partial charge in [0.2, 0.25) is 0 Å². The van der Waals surface area contributed by atoms with Crippen LogP contribution in [0.25, 0.3) is 10.9 Å². The molecule has 0 unspecified atom stereocenters. The number of nitrogen functional groups attached to an aromatic ring is 1. The third kappa shape index (κ3) is 3.35. The number of rotatable bonds is 3. The summed E-state index contributed by atoms with van der Waals surface area (Å²) in [5.41, 5.74) is 6.60. The fourth-order valence-corrected chi connectivity index (χ4v) is 2.88. The second-order valence-corrected chi connectivity index (χ2v) is 6.00. The lowest BCUT2D eigenvalue weighted by Crippen LogP contribution is -2.04. The van der Waals surface area contributed by atoms with Crippen molar-refractivity contribution >= 4 is 28.2 Å². The number of nitrogens with zero attached hydrogens (tertiary/aromatic N) is 1. The fourth-order valence-electron chi connectivity index (χ4n) is 2.63. The van der Waals surface area contributed by atoms with E-state index >= 15 is 0 Å². The average Bonchev–Trinajstić information content (AvgIpc) is 2.56. The van der Waals surface area contributed by atoms with E-state index in [-0.39, 0.29) is 22.4 Å². The summed E-state index contributed by atoms with van der Waals surface area (Å²) in [6, 6.07) is 7.69. The van der Waals surface area contributed by atoms with Crippen LogP contribution in [0.1, 0.15) is 11.1 Å². The predicted octanol–water partition coefficient (Wildman–Crippen LogP) is 5.60. The number of hydrogen-bond acceptors (Lipinski definition) is 4. The maximum atomic E-state index is 12.9. The van der Waals surface area contributed by atoms with Crippen molar-refractivity contribution in [2.24, 2.45) is 0 Å². The Morgan fingerprint density at radius 2 is 1.88 bits per heavy atom. The average molecular weight is 383 g/mol. The highest BCUT2D eigenvalue weighted by Crippen LogP contribution is 2.43. The second-order valence-electron chi connectivity index (χ2n) is 5.61. The van der Waals surface area contributed by atoms with Crippen molar-refractivity contribution in [3.8, 4) is 17.2 Å². The van der Waals surface area contributed by atoms with Crippen LogP contribution in [0.4, 0.5) is 18.9 Å². The lowest BCUT2D eigenvalue weighted by molar-refractivity contribution is -0.137. The highest BCUT2D eigenvalue weighted by atomic mass is 35.5. The molecule has 0 amide bonds. The molecule has 0 spiro atoms. The molecule has 0 aliphatic heterocycles. The zero-order valence-corrected chi connectivity index (χ0v) is 14.6. The molecule has 1 aromatic heterocycles. The lowest BCUT2D eigenvalue weighted by Gasteiger charge is -2.17. The Bertz CT molecular complexity index is 990. The van der Waals surface area contributed by atoms with Crippen LogP contribution in [0, 0.1) is 6.92 Å². The number of halogens is 4.